The van der Waals surface area contributed by atoms with Gasteiger partial charge in [-0.1, -0.05) is 55.1 Å². The van der Waals surface area contributed by atoms with Gasteiger partial charge in [0.2, 0.25) is 0 Å². The van der Waals surface area contributed by atoms with E-state index in [0.29, 0.717) is 34.8 Å². The molecule has 0 saturated carbocycles. The zero-order chi connectivity index (χ0) is 20.1. The van der Waals surface area contributed by atoms with E-state index in [1.165, 1.54) is 17.3 Å². The van der Waals surface area contributed by atoms with Crippen LogP contribution in [0, 0.1) is 0 Å². The highest BCUT2D eigenvalue weighted by molar-refractivity contribution is 8.00. The first-order valence-corrected chi connectivity index (χ1v) is 10.2. The second-order valence-electron chi connectivity index (χ2n) is 6.54. The van der Waals surface area contributed by atoms with Crippen LogP contribution in [-0.4, -0.2) is 34.3 Å². The minimum Gasteiger partial charge on any atom is -0.383 e. The van der Waals surface area contributed by atoms with Gasteiger partial charge in [0.1, 0.15) is 0 Å². The average Bonchev–Trinajstić information content (AvgIpc) is 2.73. The second-order valence-corrected chi connectivity index (χ2v) is 7.84. The molecule has 1 heterocycles. The van der Waals surface area contributed by atoms with Crippen LogP contribution in [0.2, 0.25) is 0 Å². The highest BCUT2D eigenvalue weighted by atomic mass is 32.2. The van der Waals surface area contributed by atoms with Gasteiger partial charge in [-0.05, 0) is 31.0 Å². The fourth-order valence-electron chi connectivity index (χ4n) is 2.97. The van der Waals surface area contributed by atoms with Gasteiger partial charge in [0, 0.05) is 12.7 Å². The number of methoxy groups -OCH3 is 1. The third-order valence-electron chi connectivity index (χ3n) is 4.64. The average molecular weight is 397 g/mol. The van der Waals surface area contributed by atoms with Gasteiger partial charge in [-0.3, -0.25) is 14.2 Å². The Labute approximate surface area is 168 Å². The predicted molar refractivity (Wildman–Crippen MR) is 113 cm³/mol. The van der Waals surface area contributed by atoms with Gasteiger partial charge in [-0.2, -0.15) is 0 Å². The van der Waals surface area contributed by atoms with Crippen molar-refractivity contribution in [3.05, 3.63) is 70.0 Å². The number of hydrogen-bond donors (Lipinski definition) is 0. The maximum atomic E-state index is 12.9. The van der Waals surface area contributed by atoms with Crippen molar-refractivity contribution in [2.75, 3.05) is 13.7 Å². The van der Waals surface area contributed by atoms with Gasteiger partial charge in [0.05, 0.1) is 29.3 Å². The van der Waals surface area contributed by atoms with Crippen LogP contribution in [0.4, 0.5) is 0 Å². The molecule has 0 amide bonds. The maximum Gasteiger partial charge on any atom is 0.262 e. The number of carbonyl (C=O) groups is 1. The summed E-state index contributed by atoms with van der Waals surface area (Å²) < 4.78 is 6.75. The smallest absolute Gasteiger partial charge is 0.262 e. The van der Waals surface area contributed by atoms with Crippen molar-refractivity contribution in [1.29, 1.82) is 0 Å². The van der Waals surface area contributed by atoms with Gasteiger partial charge in [-0.25, -0.2) is 4.98 Å². The van der Waals surface area contributed by atoms with Gasteiger partial charge >= 0.3 is 0 Å². The van der Waals surface area contributed by atoms with Gasteiger partial charge in [-0.15, -0.1) is 0 Å². The van der Waals surface area contributed by atoms with E-state index in [2.05, 4.69) is 11.9 Å². The molecule has 28 heavy (non-hydrogen) atoms. The Morgan fingerprint density at radius 1 is 1.18 bits per heavy atom. The third-order valence-corrected chi connectivity index (χ3v) is 5.73. The molecule has 0 spiro atoms. The molecule has 3 aromatic rings. The Morgan fingerprint density at radius 3 is 2.57 bits per heavy atom. The van der Waals surface area contributed by atoms with Crippen LogP contribution in [0.15, 0.2) is 58.5 Å². The SMILES string of the molecule is CCc1ccc(C(=O)[C@H](C)Sc2nc3ccccc3c(=O)n2CCOC)cc1. The normalized spacial score (nSPS) is 12.2. The zero-order valence-electron chi connectivity index (χ0n) is 16.3. The Kier molecular flexibility index (Phi) is 6.65. The van der Waals surface area contributed by atoms with Crippen molar-refractivity contribution >= 4 is 28.4 Å². The van der Waals surface area contributed by atoms with E-state index in [-0.39, 0.29) is 16.6 Å². The summed E-state index contributed by atoms with van der Waals surface area (Å²) in [5, 5.41) is 0.734. The molecule has 0 bridgehead atoms. The van der Waals surface area contributed by atoms with E-state index in [4.69, 9.17) is 4.74 Å². The van der Waals surface area contributed by atoms with Crippen LogP contribution < -0.4 is 5.56 Å². The van der Waals surface area contributed by atoms with E-state index in [1.54, 1.807) is 17.7 Å². The van der Waals surface area contributed by atoms with E-state index >= 15 is 0 Å². The summed E-state index contributed by atoms with van der Waals surface area (Å²) in [5.41, 5.74) is 2.39. The number of aryl methyl sites for hydroxylation is 1. The highest BCUT2D eigenvalue weighted by Gasteiger charge is 2.20. The van der Waals surface area contributed by atoms with Crippen molar-refractivity contribution in [2.24, 2.45) is 0 Å². The fourth-order valence-corrected chi connectivity index (χ4v) is 3.98. The Morgan fingerprint density at radius 2 is 1.89 bits per heavy atom. The van der Waals surface area contributed by atoms with Crippen LogP contribution >= 0.6 is 11.8 Å². The quantitative estimate of drug-likeness (QED) is 0.328. The van der Waals surface area contributed by atoms with Gasteiger partial charge in [0.15, 0.2) is 10.9 Å². The summed E-state index contributed by atoms with van der Waals surface area (Å²) >= 11 is 1.31. The first kappa shape index (κ1) is 20.3. The van der Waals surface area contributed by atoms with Gasteiger partial charge < -0.3 is 4.74 Å². The lowest BCUT2D eigenvalue weighted by Gasteiger charge is -2.16. The summed E-state index contributed by atoms with van der Waals surface area (Å²) in [6.07, 6.45) is 0.936. The second kappa shape index (κ2) is 9.17. The molecule has 0 fully saturated rings. The number of ether oxygens (including phenoxy) is 1. The number of rotatable bonds is 8. The lowest BCUT2D eigenvalue weighted by Crippen LogP contribution is -2.26. The summed E-state index contributed by atoms with van der Waals surface area (Å²) in [7, 11) is 1.60. The molecular formula is C22H24N2O3S. The zero-order valence-corrected chi connectivity index (χ0v) is 17.2. The predicted octanol–water partition coefficient (Wildman–Crippen LogP) is 3.97. The third kappa shape index (κ3) is 4.34. The molecular weight excluding hydrogens is 372 g/mol. The van der Waals surface area contributed by atoms with E-state index in [0.717, 1.165) is 6.42 Å². The van der Waals surface area contributed by atoms with Crippen LogP contribution in [0.3, 0.4) is 0 Å². The molecule has 0 saturated heterocycles. The summed E-state index contributed by atoms with van der Waals surface area (Å²) in [5.74, 6) is 0.0216. The molecule has 0 unspecified atom stereocenters. The number of Topliss-reactive ketones (excluding diaryl/α,β-unsaturated/α-hetero) is 1. The summed E-state index contributed by atoms with van der Waals surface area (Å²) in [4.78, 5) is 30.4. The number of ketones is 1. The van der Waals surface area contributed by atoms with Crippen LogP contribution in [0.1, 0.15) is 29.8 Å². The van der Waals surface area contributed by atoms with Crippen LogP contribution in [0.25, 0.3) is 10.9 Å². The molecule has 6 heteroatoms. The topological polar surface area (TPSA) is 61.2 Å². The molecule has 1 atom stereocenters. The largest absolute Gasteiger partial charge is 0.383 e. The van der Waals surface area contributed by atoms with Gasteiger partial charge in [0.25, 0.3) is 5.56 Å². The highest BCUT2D eigenvalue weighted by Crippen LogP contribution is 2.25. The number of aromatic nitrogens is 2. The molecule has 0 aliphatic rings. The standard InChI is InChI=1S/C22H24N2O3S/c1-4-16-9-11-17(12-10-16)20(25)15(2)28-22-23-19-8-6-5-7-18(19)21(26)24(22)13-14-27-3/h5-12,15H,4,13-14H2,1-3H3/t15-/m0/s1. The molecule has 1 aromatic heterocycles. The van der Waals surface area contributed by atoms with E-state index in [9.17, 15) is 9.59 Å². The molecule has 0 aliphatic carbocycles. The number of thioether (sulfide) groups is 1. The lowest BCUT2D eigenvalue weighted by molar-refractivity contribution is 0.0994. The summed E-state index contributed by atoms with van der Waals surface area (Å²) in [6, 6.07) is 15.0. The van der Waals surface area contributed by atoms with Crippen LogP contribution in [-0.2, 0) is 17.7 Å². The van der Waals surface area contributed by atoms with Crippen molar-refractivity contribution in [3.8, 4) is 0 Å². The number of carbonyl (C=O) groups excluding carboxylic acids is 1. The Balaban J connectivity index is 1.92. The number of benzene rings is 2. The Hall–Kier alpha value is -2.44. The van der Waals surface area contributed by atoms with E-state index in [1.807, 2.05) is 49.4 Å². The molecule has 5 nitrogen and oxygen atoms in total. The minimum atomic E-state index is -0.366. The number of fused-ring (bicyclic) bond motifs is 1. The lowest BCUT2D eigenvalue weighted by atomic mass is 10.1. The molecule has 3 rings (SSSR count). The van der Waals surface area contributed by atoms with Crippen molar-refractivity contribution < 1.29 is 9.53 Å². The Bertz CT molecular complexity index is 1030. The number of nitrogens with zero attached hydrogens (tertiary/aromatic N) is 2. The summed E-state index contributed by atoms with van der Waals surface area (Å²) in [6.45, 7) is 4.72. The fraction of sp³-hybridized carbons (Fsp3) is 0.318. The first-order valence-electron chi connectivity index (χ1n) is 9.33. The number of hydrogen-bond acceptors (Lipinski definition) is 5. The molecule has 0 N–H and O–H groups in total. The maximum absolute atomic E-state index is 12.9. The van der Waals surface area contributed by atoms with E-state index < -0.39 is 0 Å². The monoisotopic (exact) mass is 396 g/mol. The van der Waals surface area contributed by atoms with Crippen molar-refractivity contribution in [3.63, 3.8) is 0 Å². The first-order chi connectivity index (χ1) is 13.5. The van der Waals surface area contributed by atoms with Crippen molar-refractivity contribution in [2.45, 2.75) is 37.2 Å². The number of para-hydroxylation sites is 1. The van der Waals surface area contributed by atoms with Crippen molar-refractivity contribution in [1.82, 2.24) is 9.55 Å². The molecule has 2 aromatic carbocycles. The minimum absolute atomic E-state index is 0.0216. The van der Waals surface area contributed by atoms with Crippen LogP contribution in [0.5, 0.6) is 0 Å². The molecule has 0 radical (unpaired) electrons. The molecule has 146 valence electrons. The molecule has 0 aliphatic heterocycles.